The number of fused-ring (bicyclic) bond motifs is 6. The van der Waals surface area contributed by atoms with Crippen molar-refractivity contribution < 1.29 is 67.6 Å². The van der Waals surface area contributed by atoms with E-state index in [0.29, 0.717) is 91.3 Å². The van der Waals surface area contributed by atoms with E-state index in [1.807, 2.05) is 126 Å². The van der Waals surface area contributed by atoms with Gasteiger partial charge in [-0.05, 0) is 260 Å². The van der Waals surface area contributed by atoms with Gasteiger partial charge in [-0.1, -0.05) is 72.3 Å². The fourth-order valence-corrected chi connectivity index (χ4v) is 16.4. The molecule has 2 aromatic carbocycles. The first-order chi connectivity index (χ1) is 57.0. The fraction of sp³-hybridized carbons (Fsp3) is 0.452. The zero-order valence-corrected chi connectivity index (χ0v) is 77.0. The van der Waals surface area contributed by atoms with Crippen LogP contribution in [0.5, 0.6) is 0 Å². The highest BCUT2D eigenvalue weighted by Crippen LogP contribution is 2.51. The Labute approximate surface area is 749 Å². The Morgan fingerprint density at radius 2 is 0.884 bits per heavy atom. The van der Waals surface area contributed by atoms with Crippen LogP contribution in [0.4, 0.5) is 15.4 Å². The molecule has 5 amide bonds. The van der Waals surface area contributed by atoms with Gasteiger partial charge in [0.05, 0.1) is 53.8 Å². The van der Waals surface area contributed by atoms with Crippen molar-refractivity contribution in [2.24, 2.45) is 35.1 Å². The van der Waals surface area contributed by atoms with Crippen LogP contribution < -0.4 is 22.5 Å². The van der Waals surface area contributed by atoms with Crippen LogP contribution in [0.2, 0.25) is 0 Å². The molecular formula is C84H99Br4Cl3N16O14. The van der Waals surface area contributed by atoms with Gasteiger partial charge in [0, 0.05) is 66.1 Å². The number of rotatable bonds is 17. The van der Waals surface area contributed by atoms with Gasteiger partial charge in [0.25, 0.3) is 11.8 Å². The van der Waals surface area contributed by atoms with E-state index in [2.05, 4.69) is 99.2 Å². The number of amides is 5. The average Bonchev–Trinajstić information content (AvgIpc) is 1.60. The van der Waals surface area contributed by atoms with Crippen molar-refractivity contribution in [3.05, 3.63) is 179 Å². The number of nitrogen functional groups attached to an aromatic ring is 1. The van der Waals surface area contributed by atoms with E-state index in [-0.39, 0.29) is 102 Å². The van der Waals surface area contributed by atoms with Crippen molar-refractivity contribution in [3.63, 3.8) is 0 Å². The van der Waals surface area contributed by atoms with Crippen molar-refractivity contribution in [1.82, 2.24) is 64.4 Å². The number of alkyl halides is 2. The Morgan fingerprint density at radius 3 is 1.23 bits per heavy atom. The Kier molecular flexibility index (Phi) is 33.5. The summed E-state index contributed by atoms with van der Waals surface area (Å²) in [5, 5.41) is 31.5. The van der Waals surface area contributed by atoms with Gasteiger partial charge >= 0.3 is 24.1 Å². The Balaban J connectivity index is 0.000000166. The van der Waals surface area contributed by atoms with E-state index in [1.165, 1.54) is 20.7 Å². The summed E-state index contributed by atoms with van der Waals surface area (Å²) in [6, 6.07) is 35.7. The molecule has 30 nitrogen and oxygen atoms in total. The third-order valence-electron chi connectivity index (χ3n) is 20.4. The standard InChI is InChI=1S/C22H20BrN5O3.C17H21BrN2O3.C12H13BrN2O.C11H17NO4.C10H9N3O3.C6H12ClN.C5H5BrN2.CH2Cl2/c23-19-7-3-4-13(25-19)10-18(29)17-9-12-8-16(12)28(17)20(30)11-27-15-6-2-1-5-14(15)21(26-27)22(24)31;1-17(2,3)23-16(22)20-12-7-10(12)8-13(20)14(21)9-11-5-4-6-15(18)19-11;13-12-3-1-2-8(14-12)6-11(16)10-5-7-4-9(7)15-10;1-11(2,3)16-10(15)12-7-4-6(7)5-8(12)9(13)14;11-10(16)9-6-3-1-2-4-7(6)13(12-9)5-8(14)15;1-5(2)6(7)8(3)4;6-4-2-1-3-5(7)8-4;2-1-3/h1-7,12,16-17H,8-11H2,(H2,24,31);4-6,10,12-13H,7-9H2,1-3H3;1-3,7,9-10,15H,4-6H2;6-8H,4-5H2,1-3H3,(H,13,14);1-4H,5H2,(H2,11,16)(H,14,15);1-4H3;1-3H,(H2,7,8);1H2/t12-,16-,17+;10-,12-,13+;7-,9-,10+;6-,7-,8+;;;;/m1111..../s1. The predicted molar refractivity (Wildman–Crippen MR) is 472 cm³/mol. The number of hydrogen-bond donors (Lipinski definition) is 6. The summed E-state index contributed by atoms with van der Waals surface area (Å²) in [6.45, 7) is 14.5. The molecule has 4 saturated heterocycles. The molecule has 16 rings (SSSR count). The van der Waals surface area contributed by atoms with E-state index in [9.17, 15) is 47.9 Å². The zero-order chi connectivity index (χ0) is 88.8. The van der Waals surface area contributed by atoms with Crippen molar-refractivity contribution >= 4 is 185 Å². The van der Waals surface area contributed by atoms with Gasteiger partial charge in [-0.25, -0.2) is 34.3 Å². The molecule has 0 spiro atoms. The number of nitrogens with zero attached hydrogens (tertiary/aromatic N) is 12. The van der Waals surface area contributed by atoms with Crippen LogP contribution in [0.3, 0.4) is 0 Å². The number of allylic oxidation sites excluding steroid dienone is 1. The Morgan fingerprint density at radius 1 is 0.504 bits per heavy atom. The van der Waals surface area contributed by atoms with Crippen LogP contribution in [0.15, 0.2) is 150 Å². The number of benzene rings is 2. The second-order valence-corrected chi connectivity index (χ2v) is 37.0. The number of ether oxygens (including phenoxy) is 2. The summed E-state index contributed by atoms with van der Waals surface area (Å²) >= 11 is 28.4. The number of nitrogens with one attached hydrogen (secondary N) is 1. The molecule has 121 heavy (non-hydrogen) atoms. The monoisotopic (exact) mass is 1980 g/mol. The van der Waals surface area contributed by atoms with E-state index < -0.39 is 53.1 Å². The van der Waals surface area contributed by atoms with E-state index in [0.717, 1.165) is 63.7 Å². The summed E-state index contributed by atoms with van der Waals surface area (Å²) in [6.07, 6.45) is 7.12. The fourth-order valence-electron chi connectivity index (χ4n) is 14.9. The lowest BCUT2D eigenvalue weighted by Gasteiger charge is -2.29. The van der Waals surface area contributed by atoms with Gasteiger partial charge in [0.15, 0.2) is 28.7 Å². The van der Waals surface area contributed by atoms with Crippen LogP contribution in [-0.2, 0) is 70.6 Å². The van der Waals surface area contributed by atoms with Gasteiger partial charge in [0.1, 0.15) is 59.7 Å². The maximum Gasteiger partial charge on any atom is 0.411 e. The van der Waals surface area contributed by atoms with Crippen LogP contribution >= 0.6 is 98.5 Å². The highest BCUT2D eigenvalue weighted by atomic mass is 79.9. The molecule has 4 saturated carbocycles. The molecule has 648 valence electrons. The number of anilines is 1. The lowest BCUT2D eigenvalue weighted by Crippen LogP contribution is -2.46. The van der Waals surface area contributed by atoms with Crippen molar-refractivity contribution in [3.8, 4) is 0 Å². The summed E-state index contributed by atoms with van der Waals surface area (Å²) in [5.41, 5.74) is 19.7. The maximum absolute atomic E-state index is 13.3. The summed E-state index contributed by atoms with van der Waals surface area (Å²) < 4.78 is 16.4. The van der Waals surface area contributed by atoms with Gasteiger partial charge in [0.2, 0.25) is 5.91 Å². The predicted octanol–water partition coefficient (Wildman–Crippen LogP) is 13.7. The van der Waals surface area contributed by atoms with Gasteiger partial charge < -0.3 is 52.0 Å². The van der Waals surface area contributed by atoms with Crippen molar-refractivity contribution in [2.75, 3.05) is 25.2 Å². The SMILES string of the molecule is CC(C)(C)OC(=O)N1[C@@H]2C[C@@H]2C[C@H]1C(=O)Cc1cccc(Br)n1.CC(C)(C)OC(=O)N1[C@@H]2C[C@@H]2C[C@H]1C(=O)O.CC(C)=C(Cl)N(C)C.ClCCl.NC(=O)c1nn(CC(=O)N2[C@@H]3C[C@@H]3C[C@H]2C(=O)Cc2cccc(Br)n2)c2ccccc12.NC(=O)c1nn(CC(=O)O)c2ccccc12.Nc1cccc(Br)n1.O=C(Cc1cccc(Br)n1)[C@@H]1C[C@H]2C[C@H]2N1. The number of carboxylic acid groups (broad SMARTS) is 2. The van der Waals surface area contributed by atoms with Crippen molar-refractivity contribution in [2.45, 2.75) is 199 Å². The van der Waals surface area contributed by atoms with Gasteiger partial charge in [-0.15, -0.1) is 23.2 Å². The second kappa shape index (κ2) is 42.4. The zero-order valence-electron chi connectivity index (χ0n) is 68.4. The molecule has 10 heterocycles. The second-order valence-electron chi connectivity index (χ2n) is 32.5. The number of para-hydroxylation sites is 2. The number of halogens is 7. The number of aromatic nitrogens is 8. The van der Waals surface area contributed by atoms with Crippen molar-refractivity contribution in [1.29, 1.82) is 0 Å². The third-order valence-corrected chi connectivity index (χ3v) is 22.9. The van der Waals surface area contributed by atoms with Crippen LogP contribution in [0, 0.1) is 23.7 Å². The normalized spacial score (nSPS) is 21.6. The lowest BCUT2D eigenvalue weighted by atomic mass is 10.0. The first kappa shape index (κ1) is 95.8. The van der Waals surface area contributed by atoms with Gasteiger partial charge in [-0.2, -0.15) is 10.2 Å². The third kappa shape index (κ3) is 27.5. The van der Waals surface area contributed by atoms with Gasteiger partial charge in [-0.3, -0.25) is 52.7 Å². The maximum atomic E-state index is 13.3. The number of carbonyl (C=O) groups is 10. The topological polar surface area (TPSA) is 420 Å². The number of primary amides is 2. The number of carboxylic acids is 2. The molecule has 4 aliphatic heterocycles. The van der Waals surface area contributed by atoms with Crippen LogP contribution in [0.1, 0.15) is 145 Å². The molecule has 0 unspecified atom stereocenters. The first-order valence-corrected chi connectivity index (χ1v) is 43.6. The summed E-state index contributed by atoms with van der Waals surface area (Å²) in [7, 11) is 3.85. The molecule has 37 heteroatoms. The molecule has 8 aliphatic rings. The number of pyridine rings is 4. The summed E-state index contributed by atoms with van der Waals surface area (Å²) in [4.78, 5) is 143. The largest absolute Gasteiger partial charge is 0.480 e. The molecule has 4 aliphatic carbocycles. The number of piperidine rings is 4. The lowest BCUT2D eigenvalue weighted by molar-refractivity contribution is -0.142. The summed E-state index contributed by atoms with van der Waals surface area (Å²) in [5.74, 6) is -0.619. The molecule has 6 aromatic heterocycles. The molecule has 0 bridgehead atoms. The van der Waals surface area contributed by atoms with E-state index >= 15 is 0 Å². The van der Waals surface area contributed by atoms with E-state index in [4.69, 9.17) is 71.7 Å². The minimum atomic E-state index is -1.02. The first-order valence-electron chi connectivity index (χ1n) is 39.0. The molecule has 0 radical (unpaired) electrons. The number of hydrogen-bond acceptors (Lipinski definition) is 21. The average molecular weight is 1980 g/mol. The minimum Gasteiger partial charge on any atom is -0.480 e. The Hall–Kier alpha value is -9.03. The molecule has 8 fully saturated rings. The highest BCUT2D eigenvalue weighted by Gasteiger charge is 2.59. The highest BCUT2D eigenvalue weighted by molar-refractivity contribution is 9.11. The number of Topliss-reactive ketones (excluding diaryl/α,β-unsaturated/α-hetero) is 3. The quantitative estimate of drug-likeness (QED) is 0.0280. The van der Waals surface area contributed by atoms with Crippen LogP contribution in [0.25, 0.3) is 21.8 Å². The minimum absolute atomic E-state index is 0.00528. The number of aliphatic carboxylic acids is 2. The molecule has 8 aromatic rings. The number of carbonyl (C=O) groups excluding carboxylic acids is 8. The van der Waals surface area contributed by atoms with E-state index in [1.54, 1.807) is 79.1 Å². The van der Waals surface area contributed by atoms with Crippen LogP contribution in [-0.4, -0.2) is 207 Å². The number of likely N-dealkylation sites (tertiary alicyclic amines) is 3. The molecule has 9 N–H and O–H groups in total. The number of ketones is 3. The molecule has 12 atom stereocenters. The molecular weight excluding hydrogens is 1880 g/mol. The number of nitrogens with two attached hydrogens (primary N) is 3. The Bertz CT molecular complexity index is 5130. The smallest absolute Gasteiger partial charge is 0.411 e.